The van der Waals surface area contributed by atoms with Crippen LogP contribution in [0.5, 0.6) is 0 Å². The molecular formula is C16H25BN2O. The molecule has 1 aromatic rings. The smallest absolute Gasteiger partial charge is 0.226 e. The Kier molecular flexibility index (Phi) is 15.6. The van der Waals surface area contributed by atoms with Crippen LogP contribution >= 0.6 is 0 Å². The van der Waals surface area contributed by atoms with Crippen LogP contribution in [0.3, 0.4) is 0 Å². The van der Waals surface area contributed by atoms with E-state index < -0.39 is 0 Å². The van der Waals surface area contributed by atoms with E-state index in [1.54, 1.807) is 24.4 Å². The molecule has 0 fully saturated rings. The van der Waals surface area contributed by atoms with Crippen molar-refractivity contribution in [2.75, 3.05) is 6.54 Å². The Hall–Kier alpha value is -1.84. The number of rotatable bonds is 4. The third kappa shape index (κ3) is 12.6. The maximum Gasteiger partial charge on any atom is 0.226 e. The summed E-state index contributed by atoms with van der Waals surface area (Å²) in [6, 6.07) is 3.49. The number of amides is 1. The molecule has 1 rings (SSSR count). The van der Waals surface area contributed by atoms with Crippen molar-refractivity contribution in [2.45, 2.75) is 34.1 Å². The largest absolute Gasteiger partial charge is 0.352 e. The summed E-state index contributed by atoms with van der Waals surface area (Å²) < 4.78 is 0. The quantitative estimate of drug-likeness (QED) is 0.675. The molecule has 20 heavy (non-hydrogen) atoms. The first-order valence-electron chi connectivity index (χ1n) is 6.79. The molecule has 0 aliphatic heterocycles. The van der Waals surface area contributed by atoms with Gasteiger partial charge in [-0.15, -0.1) is 6.58 Å². The maximum absolute atomic E-state index is 11.4. The number of hydrogen-bond acceptors (Lipinski definition) is 2. The molecular weight excluding hydrogens is 247 g/mol. The second kappa shape index (κ2) is 15.2. The van der Waals surface area contributed by atoms with E-state index in [1.165, 1.54) is 0 Å². The van der Waals surface area contributed by atoms with Crippen LogP contribution in [0, 0.1) is 0 Å². The van der Waals surface area contributed by atoms with Crippen molar-refractivity contribution in [3.63, 3.8) is 0 Å². The minimum atomic E-state index is -0.0367. The molecule has 1 heterocycles. The van der Waals surface area contributed by atoms with Gasteiger partial charge in [-0.1, -0.05) is 43.6 Å². The molecule has 0 aliphatic rings. The summed E-state index contributed by atoms with van der Waals surface area (Å²) in [7, 11) is 5.48. The molecule has 0 spiro atoms. The van der Waals surface area contributed by atoms with Gasteiger partial charge in [0, 0.05) is 18.4 Å². The van der Waals surface area contributed by atoms with Crippen molar-refractivity contribution in [3.8, 4) is 0 Å². The average Bonchev–Trinajstić information content (AvgIpc) is 2.45. The lowest BCUT2D eigenvalue weighted by molar-refractivity contribution is -0.120. The van der Waals surface area contributed by atoms with Gasteiger partial charge in [0.05, 0.1) is 6.42 Å². The standard InChI is InChI=1S/C11H13BN2O.C3H6.C2H6/c1-2-3-6-13-11(15)7-10-5-4-9(12)8-14-10;1-3-2;1-2/h2-5,8H,6-7H2,1H3,(H,13,15);3H,1H2,2H3;1-2H3/b3-2+;;. The van der Waals surface area contributed by atoms with Gasteiger partial charge in [0.2, 0.25) is 5.91 Å². The summed E-state index contributed by atoms with van der Waals surface area (Å²) in [6.07, 6.45) is 7.36. The number of carbonyl (C=O) groups is 1. The topological polar surface area (TPSA) is 42.0 Å². The van der Waals surface area contributed by atoms with E-state index in [4.69, 9.17) is 7.85 Å². The van der Waals surface area contributed by atoms with Gasteiger partial charge >= 0.3 is 0 Å². The molecule has 1 aromatic heterocycles. The summed E-state index contributed by atoms with van der Waals surface area (Å²) in [4.78, 5) is 15.4. The number of nitrogens with zero attached hydrogens (tertiary/aromatic N) is 1. The van der Waals surface area contributed by atoms with E-state index in [-0.39, 0.29) is 12.3 Å². The Morgan fingerprint density at radius 2 is 2.00 bits per heavy atom. The Balaban J connectivity index is 0. The highest BCUT2D eigenvalue weighted by atomic mass is 16.1. The van der Waals surface area contributed by atoms with Gasteiger partial charge in [0.25, 0.3) is 0 Å². The van der Waals surface area contributed by atoms with Crippen molar-refractivity contribution in [1.29, 1.82) is 0 Å². The molecule has 0 bridgehead atoms. The van der Waals surface area contributed by atoms with Gasteiger partial charge < -0.3 is 5.32 Å². The van der Waals surface area contributed by atoms with Crippen LogP contribution in [0.1, 0.15) is 33.4 Å². The zero-order valence-corrected chi connectivity index (χ0v) is 13.0. The maximum atomic E-state index is 11.4. The Morgan fingerprint density at radius 3 is 2.45 bits per heavy atom. The van der Waals surface area contributed by atoms with E-state index in [9.17, 15) is 4.79 Å². The summed E-state index contributed by atoms with van der Waals surface area (Å²) in [5.74, 6) is -0.0367. The summed E-state index contributed by atoms with van der Waals surface area (Å²) in [5.41, 5.74) is 1.33. The number of hydrogen-bond donors (Lipinski definition) is 1. The lowest BCUT2D eigenvalue weighted by atomic mass is 9.98. The molecule has 3 nitrogen and oxygen atoms in total. The van der Waals surface area contributed by atoms with Crippen LogP contribution in [0.4, 0.5) is 0 Å². The zero-order chi connectivity index (χ0) is 15.8. The molecule has 2 radical (unpaired) electrons. The van der Waals surface area contributed by atoms with Gasteiger partial charge in [0.1, 0.15) is 7.85 Å². The van der Waals surface area contributed by atoms with Gasteiger partial charge in [-0.2, -0.15) is 0 Å². The Bertz CT molecular complexity index is 386. The zero-order valence-electron chi connectivity index (χ0n) is 13.0. The third-order valence-electron chi connectivity index (χ3n) is 1.84. The van der Waals surface area contributed by atoms with E-state index in [0.29, 0.717) is 12.0 Å². The van der Waals surface area contributed by atoms with Crippen LogP contribution in [0.25, 0.3) is 0 Å². The van der Waals surface area contributed by atoms with Crippen molar-refractivity contribution < 1.29 is 4.79 Å². The van der Waals surface area contributed by atoms with Crippen LogP contribution in [0.15, 0.2) is 43.1 Å². The van der Waals surface area contributed by atoms with E-state index in [2.05, 4.69) is 16.9 Å². The highest BCUT2D eigenvalue weighted by Gasteiger charge is 2.02. The Morgan fingerprint density at radius 1 is 1.40 bits per heavy atom. The minimum Gasteiger partial charge on any atom is -0.352 e. The van der Waals surface area contributed by atoms with Crippen molar-refractivity contribution in [3.05, 3.63) is 48.8 Å². The molecule has 4 heteroatoms. The summed E-state index contributed by atoms with van der Waals surface area (Å²) in [5, 5.41) is 2.75. The van der Waals surface area contributed by atoms with E-state index in [0.717, 1.165) is 5.69 Å². The highest BCUT2D eigenvalue weighted by molar-refractivity contribution is 6.32. The van der Waals surface area contributed by atoms with Crippen molar-refractivity contribution in [2.24, 2.45) is 0 Å². The number of carbonyl (C=O) groups excluding carboxylic acids is 1. The summed E-state index contributed by atoms with van der Waals surface area (Å²) in [6.45, 7) is 11.7. The molecule has 0 atom stereocenters. The van der Waals surface area contributed by atoms with Crippen molar-refractivity contribution >= 4 is 19.2 Å². The normalized spacial score (nSPS) is 8.80. The van der Waals surface area contributed by atoms with E-state index in [1.807, 2.05) is 39.8 Å². The first kappa shape index (κ1) is 20.5. The molecule has 1 N–H and O–H groups in total. The van der Waals surface area contributed by atoms with Crippen molar-refractivity contribution in [1.82, 2.24) is 10.3 Å². The van der Waals surface area contributed by atoms with Crippen LogP contribution in [-0.2, 0) is 11.2 Å². The van der Waals surface area contributed by atoms with Gasteiger partial charge in [0.15, 0.2) is 0 Å². The predicted molar refractivity (Wildman–Crippen MR) is 88.4 cm³/mol. The first-order chi connectivity index (χ1) is 9.63. The number of nitrogens with one attached hydrogen (secondary N) is 1. The lowest BCUT2D eigenvalue weighted by Crippen LogP contribution is -2.25. The van der Waals surface area contributed by atoms with Gasteiger partial charge in [-0.25, -0.2) is 0 Å². The first-order valence-corrected chi connectivity index (χ1v) is 6.79. The molecule has 0 aliphatic carbocycles. The third-order valence-corrected chi connectivity index (χ3v) is 1.84. The molecule has 1 amide bonds. The molecule has 0 saturated heterocycles. The fourth-order valence-corrected chi connectivity index (χ4v) is 1.06. The predicted octanol–water partition coefficient (Wildman–Crippen LogP) is 2.33. The van der Waals surface area contributed by atoms with E-state index >= 15 is 0 Å². The van der Waals surface area contributed by atoms with Crippen LogP contribution < -0.4 is 10.8 Å². The molecule has 0 saturated carbocycles. The SMILES string of the molecule is C=CC.CC.[B]c1ccc(CC(=O)NC/C=C/C)nc1. The summed E-state index contributed by atoms with van der Waals surface area (Å²) >= 11 is 0. The molecule has 0 aromatic carbocycles. The number of pyridine rings is 1. The van der Waals surface area contributed by atoms with Gasteiger partial charge in [-0.3, -0.25) is 9.78 Å². The lowest BCUT2D eigenvalue weighted by Gasteiger charge is -2.02. The van der Waals surface area contributed by atoms with Crippen LogP contribution in [-0.4, -0.2) is 25.3 Å². The Labute approximate surface area is 124 Å². The highest BCUT2D eigenvalue weighted by Crippen LogP contribution is 1.92. The second-order valence-electron chi connectivity index (χ2n) is 3.54. The van der Waals surface area contributed by atoms with Gasteiger partial charge in [-0.05, 0) is 19.9 Å². The second-order valence-corrected chi connectivity index (χ2v) is 3.54. The number of aromatic nitrogens is 1. The fourth-order valence-electron chi connectivity index (χ4n) is 1.06. The molecule has 108 valence electrons. The fraction of sp³-hybridized carbons (Fsp3) is 0.375. The monoisotopic (exact) mass is 272 g/mol. The minimum absolute atomic E-state index is 0.0367. The number of allylic oxidation sites excluding steroid dienone is 2. The molecule has 0 unspecified atom stereocenters. The average molecular weight is 272 g/mol. The van der Waals surface area contributed by atoms with Crippen LogP contribution in [0.2, 0.25) is 0 Å².